The number of carbonyl (C=O) groups is 1. The Hall–Kier alpha value is -2.36. The molecule has 1 saturated heterocycles. The molecule has 0 spiro atoms. The van der Waals surface area contributed by atoms with Crippen molar-refractivity contribution in [3.05, 3.63) is 59.3 Å². The van der Waals surface area contributed by atoms with Crippen LogP contribution in [0.1, 0.15) is 40.7 Å². The molecular weight excluding hydrogens is 298 g/mol. The van der Waals surface area contributed by atoms with Crippen molar-refractivity contribution < 1.29 is 4.79 Å². The molecule has 1 amide bonds. The summed E-state index contributed by atoms with van der Waals surface area (Å²) >= 11 is 0. The minimum Gasteiger partial charge on any atom is -0.356 e. The molecule has 24 heavy (non-hydrogen) atoms. The van der Waals surface area contributed by atoms with Crippen LogP contribution >= 0.6 is 0 Å². The van der Waals surface area contributed by atoms with Crippen molar-refractivity contribution in [2.24, 2.45) is 0 Å². The standard InChI is InChI=1S/C20H25N3O/c1-16-7-5-8-17(15-16)10-12-22-20(24)18-9-6-11-21-19(18)23-13-3-2-4-14-23/h5-9,11,15H,2-4,10,12-14H2,1H3,(H,22,24). The maximum Gasteiger partial charge on any atom is 0.255 e. The lowest BCUT2D eigenvalue weighted by atomic mass is 10.1. The highest BCUT2D eigenvalue weighted by Gasteiger charge is 2.19. The van der Waals surface area contributed by atoms with Crippen molar-refractivity contribution in [1.29, 1.82) is 0 Å². The summed E-state index contributed by atoms with van der Waals surface area (Å²) in [6.07, 6.45) is 6.22. The van der Waals surface area contributed by atoms with Crippen molar-refractivity contribution >= 4 is 11.7 Å². The molecule has 1 aromatic heterocycles. The zero-order valence-electron chi connectivity index (χ0n) is 14.3. The molecule has 1 aromatic carbocycles. The summed E-state index contributed by atoms with van der Waals surface area (Å²) in [6, 6.07) is 12.1. The summed E-state index contributed by atoms with van der Waals surface area (Å²) in [5.74, 6) is 0.793. The number of piperidine rings is 1. The number of aromatic nitrogens is 1. The van der Waals surface area contributed by atoms with Gasteiger partial charge in [0.05, 0.1) is 5.56 Å². The van der Waals surface area contributed by atoms with E-state index in [0.29, 0.717) is 12.1 Å². The average molecular weight is 323 g/mol. The summed E-state index contributed by atoms with van der Waals surface area (Å²) < 4.78 is 0. The molecule has 1 N–H and O–H groups in total. The van der Waals surface area contributed by atoms with Crippen LogP contribution in [0.3, 0.4) is 0 Å². The Morgan fingerprint density at radius 3 is 2.79 bits per heavy atom. The van der Waals surface area contributed by atoms with Crippen molar-refractivity contribution in [1.82, 2.24) is 10.3 Å². The first-order valence-electron chi connectivity index (χ1n) is 8.78. The van der Waals surface area contributed by atoms with E-state index in [0.717, 1.165) is 25.3 Å². The topological polar surface area (TPSA) is 45.2 Å². The number of nitrogens with one attached hydrogen (secondary N) is 1. The molecule has 0 unspecified atom stereocenters. The molecule has 0 saturated carbocycles. The zero-order chi connectivity index (χ0) is 16.8. The van der Waals surface area contributed by atoms with Gasteiger partial charge in [0.1, 0.15) is 5.82 Å². The molecule has 1 fully saturated rings. The summed E-state index contributed by atoms with van der Waals surface area (Å²) in [4.78, 5) is 19.3. The van der Waals surface area contributed by atoms with E-state index in [1.807, 2.05) is 12.1 Å². The number of aryl methyl sites for hydroxylation is 1. The molecule has 0 bridgehead atoms. The smallest absolute Gasteiger partial charge is 0.255 e. The molecule has 4 heteroatoms. The molecule has 0 aliphatic carbocycles. The van der Waals surface area contributed by atoms with Gasteiger partial charge in [0, 0.05) is 25.8 Å². The van der Waals surface area contributed by atoms with Crippen molar-refractivity contribution in [2.45, 2.75) is 32.6 Å². The highest BCUT2D eigenvalue weighted by Crippen LogP contribution is 2.21. The predicted octanol–water partition coefficient (Wildman–Crippen LogP) is 3.35. The SMILES string of the molecule is Cc1cccc(CCNC(=O)c2cccnc2N2CCCCC2)c1. The van der Waals surface area contributed by atoms with Crippen LogP contribution in [0.25, 0.3) is 0 Å². The third-order valence-corrected chi connectivity index (χ3v) is 4.47. The second-order valence-corrected chi connectivity index (χ2v) is 6.42. The maximum atomic E-state index is 12.6. The number of rotatable bonds is 5. The minimum atomic E-state index is -0.0312. The summed E-state index contributed by atoms with van der Waals surface area (Å²) in [6.45, 7) is 4.69. The fourth-order valence-electron chi connectivity index (χ4n) is 3.22. The van der Waals surface area contributed by atoms with Gasteiger partial charge in [-0.1, -0.05) is 29.8 Å². The lowest BCUT2D eigenvalue weighted by Gasteiger charge is -2.29. The Bertz CT molecular complexity index is 693. The molecular formula is C20H25N3O. The van der Waals surface area contributed by atoms with E-state index in [1.165, 1.54) is 30.4 Å². The largest absolute Gasteiger partial charge is 0.356 e. The van der Waals surface area contributed by atoms with Gasteiger partial charge in [0.2, 0.25) is 0 Å². The Morgan fingerprint density at radius 1 is 1.17 bits per heavy atom. The lowest BCUT2D eigenvalue weighted by Crippen LogP contribution is -2.34. The summed E-state index contributed by atoms with van der Waals surface area (Å²) in [7, 11) is 0. The number of pyridine rings is 1. The van der Waals surface area contributed by atoms with E-state index in [-0.39, 0.29) is 5.91 Å². The third kappa shape index (κ3) is 4.13. The van der Waals surface area contributed by atoms with Crippen LogP contribution in [0.5, 0.6) is 0 Å². The number of amides is 1. The van der Waals surface area contributed by atoms with E-state index in [2.05, 4.69) is 46.4 Å². The number of benzene rings is 1. The Kier molecular flexibility index (Phi) is 5.47. The molecule has 3 rings (SSSR count). The second kappa shape index (κ2) is 7.95. The Balaban J connectivity index is 1.62. The van der Waals surface area contributed by atoms with E-state index in [1.54, 1.807) is 6.20 Å². The lowest BCUT2D eigenvalue weighted by molar-refractivity contribution is 0.0954. The Labute approximate surface area is 143 Å². The Morgan fingerprint density at radius 2 is 2.00 bits per heavy atom. The monoisotopic (exact) mass is 323 g/mol. The maximum absolute atomic E-state index is 12.6. The number of hydrogen-bond donors (Lipinski definition) is 1. The summed E-state index contributed by atoms with van der Waals surface area (Å²) in [5, 5.41) is 3.04. The van der Waals surface area contributed by atoms with Gasteiger partial charge < -0.3 is 10.2 Å². The second-order valence-electron chi connectivity index (χ2n) is 6.42. The van der Waals surface area contributed by atoms with Gasteiger partial charge in [-0.3, -0.25) is 4.79 Å². The molecule has 0 atom stereocenters. The predicted molar refractivity (Wildman–Crippen MR) is 97.5 cm³/mol. The third-order valence-electron chi connectivity index (χ3n) is 4.47. The van der Waals surface area contributed by atoms with Gasteiger partial charge in [-0.05, 0) is 50.3 Å². The minimum absolute atomic E-state index is 0.0312. The van der Waals surface area contributed by atoms with Crippen LogP contribution in [-0.4, -0.2) is 30.5 Å². The van der Waals surface area contributed by atoms with Crippen molar-refractivity contribution in [3.8, 4) is 0 Å². The number of nitrogens with zero attached hydrogens (tertiary/aromatic N) is 2. The highest BCUT2D eigenvalue weighted by atomic mass is 16.1. The first-order valence-corrected chi connectivity index (χ1v) is 8.78. The van der Waals surface area contributed by atoms with Crippen LogP contribution in [-0.2, 0) is 6.42 Å². The zero-order valence-corrected chi connectivity index (χ0v) is 14.3. The highest BCUT2D eigenvalue weighted by molar-refractivity contribution is 5.98. The van der Waals surface area contributed by atoms with E-state index in [4.69, 9.17) is 0 Å². The van der Waals surface area contributed by atoms with Crippen LogP contribution in [0.4, 0.5) is 5.82 Å². The molecule has 4 nitrogen and oxygen atoms in total. The quantitative estimate of drug-likeness (QED) is 0.918. The molecule has 2 aromatic rings. The van der Waals surface area contributed by atoms with Crippen LogP contribution in [0.2, 0.25) is 0 Å². The number of hydrogen-bond acceptors (Lipinski definition) is 3. The van der Waals surface area contributed by atoms with Crippen molar-refractivity contribution in [3.63, 3.8) is 0 Å². The van der Waals surface area contributed by atoms with Gasteiger partial charge in [-0.25, -0.2) is 4.98 Å². The fourth-order valence-corrected chi connectivity index (χ4v) is 3.22. The fraction of sp³-hybridized carbons (Fsp3) is 0.400. The van der Waals surface area contributed by atoms with Gasteiger partial charge in [-0.2, -0.15) is 0 Å². The van der Waals surface area contributed by atoms with E-state index >= 15 is 0 Å². The molecule has 0 radical (unpaired) electrons. The van der Waals surface area contributed by atoms with Crippen LogP contribution in [0, 0.1) is 6.92 Å². The van der Waals surface area contributed by atoms with E-state index < -0.39 is 0 Å². The average Bonchev–Trinajstić information content (AvgIpc) is 2.62. The summed E-state index contributed by atoms with van der Waals surface area (Å²) in [5.41, 5.74) is 3.18. The normalized spacial score (nSPS) is 14.5. The molecule has 1 aliphatic heterocycles. The number of anilines is 1. The molecule has 1 aliphatic rings. The first-order chi connectivity index (χ1) is 11.7. The van der Waals surface area contributed by atoms with Gasteiger partial charge in [0.15, 0.2) is 0 Å². The molecule has 2 heterocycles. The van der Waals surface area contributed by atoms with E-state index in [9.17, 15) is 4.79 Å². The van der Waals surface area contributed by atoms with Gasteiger partial charge in [0.25, 0.3) is 5.91 Å². The van der Waals surface area contributed by atoms with Crippen LogP contribution < -0.4 is 10.2 Å². The van der Waals surface area contributed by atoms with Gasteiger partial charge >= 0.3 is 0 Å². The van der Waals surface area contributed by atoms with Gasteiger partial charge in [-0.15, -0.1) is 0 Å². The first kappa shape index (κ1) is 16.5. The molecule has 126 valence electrons. The van der Waals surface area contributed by atoms with Crippen molar-refractivity contribution in [2.75, 3.05) is 24.5 Å². The van der Waals surface area contributed by atoms with Crippen LogP contribution in [0.15, 0.2) is 42.6 Å². The number of carbonyl (C=O) groups excluding carboxylic acids is 1.